The maximum absolute atomic E-state index is 13.9. The summed E-state index contributed by atoms with van der Waals surface area (Å²) in [7, 11) is 0. The second kappa shape index (κ2) is 7.62. The molecule has 4 rings (SSSR count). The highest BCUT2D eigenvalue weighted by molar-refractivity contribution is 5.99. The lowest BCUT2D eigenvalue weighted by Gasteiger charge is -2.41. The Bertz CT molecular complexity index is 822. The fourth-order valence-electron chi connectivity index (χ4n) is 4.41. The summed E-state index contributed by atoms with van der Waals surface area (Å²) in [6.45, 7) is 2.53. The van der Waals surface area contributed by atoms with Crippen molar-refractivity contribution in [1.29, 1.82) is 0 Å². The molecule has 4 atom stereocenters. The van der Waals surface area contributed by atoms with E-state index in [-0.39, 0.29) is 35.8 Å². The van der Waals surface area contributed by atoms with E-state index in [9.17, 15) is 18.4 Å². The van der Waals surface area contributed by atoms with Gasteiger partial charge in [0.15, 0.2) is 0 Å². The van der Waals surface area contributed by atoms with Crippen LogP contribution in [0.4, 0.5) is 8.78 Å². The number of hydrogen-bond donors (Lipinski definition) is 3. The number of piperidine rings is 1. The van der Waals surface area contributed by atoms with Crippen molar-refractivity contribution in [3.63, 3.8) is 0 Å². The number of halogens is 2. The van der Waals surface area contributed by atoms with Crippen LogP contribution >= 0.6 is 0 Å². The van der Waals surface area contributed by atoms with E-state index in [0.717, 1.165) is 25.1 Å². The smallest absolute Gasteiger partial charge is 0.247 e. The lowest BCUT2D eigenvalue weighted by atomic mass is 9.79. The van der Waals surface area contributed by atoms with Gasteiger partial charge in [-0.15, -0.1) is 0 Å². The minimum atomic E-state index is -0.703. The molecule has 1 aromatic carbocycles. The molecule has 28 heavy (non-hydrogen) atoms. The molecule has 2 aliphatic heterocycles. The minimum Gasteiger partial charge on any atom is -0.349 e. The summed E-state index contributed by atoms with van der Waals surface area (Å²) in [4.78, 5) is 24.9. The van der Waals surface area contributed by atoms with Crippen LogP contribution in [-0.4, -0.2) is 30.4 Å². The van der Waals surface area contributed by atoms with E-state index < -0.39 is 17.7 Å². The van der Waals surface area contributed by atoms with Gasteiger partial charge in [0.05, 0.1) is 12.5 Å². The van der Waals surface area contributed by atoms with Crippen molar-refractivity contribution < 1.29 is 18.4 Å². The maximum Gasteiger partial charge on any atom is 0.247 e. The third kappa shape index (κ3) is 3.94. The molecule has 0 spiro atoms. The van der Waals surface area contributed by atoms with Gasteiger partial charge in [-0.3, -0.25) is 9.59 Å². The molecule has 0 radical (unpaired) electrons. The van der Waals surface area contributed by atoms with Crippen molar-refractivity contribution in [1.82, 2.24) is 16.0 Å². The van der Waals surface area contributed by atoms with E-state index in [1.807, 2.05) is 6.08 Å². The van der Waals surface area contributed by atoms with Gasteiger partial charge in [-0.2, -0.15) is 0 Å². The molecule has 3 aliphatic rings. The zero-order valence-electron chi connectivity index (χ0n) is 15.8. The van der Waals surface area contributed by atoms with Crippen molar-refractivity contribution in [2.45, 2.75) is 50.7 Å². The van der Waals surface area contributed by atoms with Crippen LogP contribution in [0, 0.1) is 23.5 Å². The van der Waals surface area contributed by atoms with Gasteiger partial charge in [0, 0.05) is 35.2 Å². The molecular weight excluding hydrogens is 364 g/mol. The number of carbonyl (C=O) groups is 2. The van der Waals surface area contributed by atoms with Crippen LogP contribution in [0.1, 0.15) is 44.2 Å². The highest BCUT2D eigenvalue weighted by atomic mass is 19.1. The first kappa shape index (κ1) is 19.1. The molecular formula is C21H25F2N3O2. The predicted octanol–water partition coefficient (Wildman–Crippen LogP) is 2.34. The largest absolute Gasteiger partial charge is 0.349 e. The van der Waals surface area contributed by atoms with Crippen LogP contribution < -0.4 is 16.0 Å². The fraction of sp³-hybridized carbons (Fsp3) is 0.524. The zero-order chi connectivity index (χ0) is 19.8. The predicted molar refractivity (Wildman–Crippen MR) is 100 cm³/mol. The molecule has 0 bridgehead atoms. The van der Waals surface area contributed by atoms with E-state index >= 15 is 0 Å². The summed E-state index contributed by atoms with van der Waals surface area (Å²) >= 11 is 0. The van der Waals surface area contributed by atoms with E-state index in [1.165, 1.54) is 18.9 Å². The summed E-state index contributed by atoms with van der Waals surface area (Å²) in [6.07, 6.45) is 5.20. The number of benzene rings is 1. The number of nitrogens with one attached hydrogen (secondary N) is 3. The number of hydrogen-bond acceptors (Lipinski definition) is 3. The second-order valence-electron chi connectivity index (χ2n) is 8.09. The minimum absolute atomic E-state index is 0.0560. The van der Waals surface area contributed by atoms with Crippen molar-refractivity contribution in [2.24, 2.45) is 11.8 Å². The maximum atomic E-state index is 13.9. The van der Waals surface area contributed by atoms with Crippen molar-refractivity contribution in [2.75, 3.05) is 6.54 Å². The molecule has 2 heterocycles. The average molecular weight is 389 g/mol. The van der Waals surface area contributed by atoms with Crippen LogP contribution in [0.15, 0.2) is 29.8 Å². The Labute approximate surface area is 163 Å². The Hall–Kier alpha value is -2.28. The van der Waals surface area contributed by atoms with Gasteiger partial charge in [0.2, 0.25) is 11.8 Å². The zero-order valence-corrected chi connectivity index (χ0v) is 15.8. The van der Waals surface area contributed by atoms with Crippen LogP contribution in [0.2, 0.25) is 0 Å². The SMILES string of the molecule is C[C@H](NC(=O)CC1=CC2C(CCNC2C2CC2)NC1=O)c1ccc(F)cc1F. The monoisotopic (exact) mass is 389 g/mol. The van der Waals surface area contributed by atoms with Gasteiger partial charge in [-0.25, -0.2) is 8.78 Å². The molecule has 0 aromatic heterocycles. The summed E-state index contributed by atoms with van der Waals surface area (Å²) in [5.41, 5.74) is 0.669. The van der Waals surface area contributed by atoms with Crippen LogP contribution in [-0.2, 0) is 9.59 Å². The molecule has 5 nitrogen and oxygen atoms in total. The highest BCUT2D eigenvalue weighted by Gasteiger charge is 2.43. The third-order valence-corrected chi connectivity index (χ3v) is 6.00. The summed E-state index contributed by atoms with van der Waals surface area (Å²) in [5.74, 6) is -1.07. The Morgan fingerprint density at radius 1 is 1.29 bits per heavy atom. The van der Waals surface area contributed by atoms with Gasteiger partial charge in [-0.1, -0.05) is 12.1 Å². The third-order valence-electron chi connectivity index (χ3n) is 6.00. The average Bonchev–Trinajstić information content (AvgIpc) is 3.46. The second-order valence-corrected chi connectivity index (χ2v) is 8.09. The summed E-state index contributed by atoms with van der Waals surface area (Å²) in [6, 6.07) is 3.13. The number of rotatable bonds is 5. The number of amides is 2. The van der Waals surface area contributed by atoms with Crippen LogP contribution in [0.3, 0.4) is 0 Å². The lowest BCUT2D eigenvalue weighted by molar-refractivity contribution is -0.124. The normalized spacial score (nSPS) is 28.0. The van der Waals surface area contributed by atoms with Gasteiger partial charge in [0.1, 0.15) is 11.6 Å². The molecule has 1 aromatic rings. The molecule has 1 saturated heterocycles. The van der Waals surface area contributed by atoms with E-state index in [4.69, 9.17) is 0 Å². The fourth-order valence-corrected chi connectivity index (χ4v) is 4.41. The standard InChI is InChI=1S/C21H25F2N3O2/c1-11(15-5-4-14(22)10-17(15)23)25-19(27)9-13-8-16-18(26-21(13)28)6-7-24-20(16)12-2-3-12/h4-5,8,10-12,16,18,20,24H,2-3,6-7,9H2,1H3,(H,25,27)(H,26,28)/t11-,16?,18?,20?/m0/s1. The Balaban J connectivity index is 1.43. The quantitative estimate of drug-likeness (QED) is 0.724. The van der Waals surface area contributed by atoms with Gasteiger partial charge in [0.25, 0.3) is 0 Å². The van der Waals surface area contributed by atoms with E-state index in [2.05, 4.69) is 16.0 Å². The molecule has 150 valence electrons. The number of fused-ring (bicyclic) bond motifs is 1. The Morgan fingerprint density at radius 2 is 2.07 bits per heavy atom. The first-order valence-corrected chi connectivity index (χ1v) is 9.91. The van der Waals surface area contributed by atoms with Gasteiger partial charge < -0.3 is 16.0 Å². The molecule has 3 unspecified atom stereocenters. The van der Waals surface area contributed by atoms with Crippen molar-refractivity contribution in [3.05, 3.63) is 47.0 Å². The summed E-state index contributed by atoms with van der Waals surface area (Å²) < 4.78 is 27.0. The van der Waals surface area contributed by atoms with E-state index in [0.29, 0.717) is 17.5 Å². The van der Waals surface area contributed by atoms with Gasteiger partial charge >= 0.3 is 0 Å². The Kier molecular flexibility index (Phi) is 5.19. The molecule has 1 aliphatic carbocycles. The first-order valence-electron chi connectivity index (χ1n) is 9.91. The molecule has 7 heteroatoms. The molecule has 2 amide bonds. The summed E-state index contributed by atoms with van der Waals surface area (Å²) in [5, 5.41) is 9.33. The first-order chi connectivity index (χ1) is 13.4. The highest BCUT2D eigenvalue weighted by Crippen LogP contribution is 2.40. The molecule has 2 fully saturated rings. The molecule has 3 N–H and O–H groups in total. The van der Waals surface area contributed by atoms with Crippen LogP contribution in [0.5, 0.6) is 0 Å². The Morgan fingerprint density at radius 3 is 2.79 bits per heavy atom. The topological polar surface area (TPSA) is 70.2 Å². The van der Waals surface area contributed by atoms with Crippen molar-refractivity contribution in [3.8, 4) is 0 Å². The van der Waals surface area contributed by atoms with Crippen LogP contribution in [0.25, 0.3) is 0 Å². The van der Waals surface area contributed by atoms with Crippen molar-refractivity contribution >= 4 is 11.8 Å². The van der Waals surface area contributed by atoms with E-state index in [1.54, 1.807) is 6.92 Å². The lowest BCUT2D eigenvalue weighted by Crippen LogP contribution is -2.57. The number of carbonyl (C=O) groups excluding carboxylic acids is 2. The van der Waals surface area contributed by atoms with Gasteiger partial charge in [-0.05, 0) is 44.7 Å². The molecule has 1 saturated carbocycles.